The number of nitrogens with zero attached hydrogens (tertiary/aromatic N) is 4. The standard InChI is InChI=1S/C22H20Cl2N4O3/c23-16-13-14(18-19(24)28-8-2-1-3-17(28)25-18)4-5-15(16)20(29)26-9-11-27(12-10-26)21(30)22(31)6-7-22/h1-5,8,13,31H,6-7,9-12H2. The van der Waals surface area contributed by atoms with E-state index in [9.17, 15) is 14.7 Å². The first-order valence-electron chi connectivity index (χ1n) is 10.1. The molecule has 1 aliphatic carbocycles. The van der Waals surface area contributed by atoms with Crippen LogP contribution in [-0.4, -0.2) is 67.9 Å². The highest BCUT2D eigenvalue weighted by molar-refractivity contribution is 6.35. The molecule has 2 aromatic heterocycles. The summed E-state index contributed by atoms with van der Waals surface area (Å²) >= 11 is 12.9. The topological polar surface area (TPSA) is 78.2 Å². The van der Waals surface area contributed by atoms with E-state index in [0.717, 1.165) is 11.2 Å². The highest BCUT2D eigenvalue weighted by Gasteiger charge is 2.50. The summed E-state index contributed by atoms with van der Waals surface area (Å²) < 4.78 is 1.78. The first kappa shape index (κ1) is 20.3. The van der Waals surface area contributed by atoms with E-state index < -0.39 is 5.60 Å². The summed E-state index contributed by atoms with van der Waals surface area (Å²) in [6.07, 6.45) is 2.87. The number of hydrogen-bond donors (Lipinski definition) is 1. The maximum absolute atomic E-state index is 13.0. The summed E-state index contributed by atoms with van der Waals surface area (Å²) in [6.45, 7) is 1.60. The van der Waals surface area contributed by atoms with Crippen LogP contribution in [0.2, 0.25) is 10.2 Å². The predicted molar refractivity (Wildman–Crippen MR) is 117 cm³/mol. The van der Waals surface area contributed by atoms with Crippen LogP contribution in [0.5, 0.6) is 0 Å². The van der Waals surface area contributed by atoms with Crippen LogP contribution in [0.1, 0.15) is 23.2 Å². The molecule has 0 atom stereocenters. The van der Waals surface area contributed by atoms with E-state index in [2.05, 4.69) is 4.98 Å². The molecule has 0 spiro atoms. The number of fused-ring (bicyclic) bond motifs is 1. The number of carbonyl (C=O) groups excluding carboxylic acids is 2. The third kappa shape index (κ3) is 3.56. The van der Waals surface area contributed by atoms with Gasteiger partial charge in [-0.1, -0.05) is 35.3 Å². The number of aliphatic hydroxyl groups is 1. The number of carbonyl (C=O) groups is 2. The van der Waals surface area contributed by atoms with Gasteiger partial charge in [0, 0.05) is 37.9 Å². The summed E-state index contributed by atoms with van der Waals surface area (Å²) in [5.41, 5.74) is 1.26. The number of imidazole rings is 1. The van der Waals surface area contributed by atoms with Gasteiger partial charge in [-0.05, 0) is 37.1 Å². The summed E-state index contributed by atoms with van der Waals surface area (Å²) in [7, 11) is 0. The lowest BCUT2D eigenvalue weighted by Crippen LogP contribution is -2.53. The lowest BCUT2D eigenvalue weighted by Gasteiger charge is -2.36. The number of piperazine rings is 1. The number of pyridine rings is 1. The summed E-state index contributed by atoms with van der Waals surface area (Å²) in [4.78, 5) is 33.2. The molecule has 9 heteroatoms. The molecular weight excluding hydrogens is 439 g/mol. The zero-order valence-corrected chi connectivity index (χ0v) is 18.1. The Morgan fingerprint density at radius 2 is 1.71 bits per heavy atom. The SMILES string of the molecule is O=C(c1ccc(-c2nc3ccccn3c2Cl)cc1Cl)N1CCN(C(=O)C2(O)CC2)CC1. The van der Waals surface area contributed by atoms with Gasteiger partial charge in [0.1, 0.15) is 22.1 Å². The predicted octanol–water partition coefficient (Wildman–Crippen LogP) is 3.12. The lowest BCUT2D eigenvalue weighted by atomic mass is 10.1. The number of hydrogen-bond acceptors (Lipinski definition) is 4. The van der Waals surface area contributed by atoms with Gasteiger partial charge in [0.05, 0.1) is 10.6 Å². The molecule has 7 nitrogen and oxygen atoms in total. The fraction of sp³-hybridized carbons (Fsp3) is 0.318. The summed E-state index contributed by atoms with van der Waals surface area (Å²) in [5.74, 6) is -0.416. The quantitative estimate of drug-likeness (QED) is 0.653. The molecule has 1 aliphatic heterocycles. The molecule has 3 heterocycles. The normalized spacial score (nSPS) is 17.8. The maximum Gasteiger partial charge on any atom is 0.255 e. The second-order valence-corrected chi connectivity index (χ2v) is 8.76. The molecule has 1 aromatic carbocycles. The number of benzene rings is 1. The van der Waals surface area contributed by atoms with Gasteiger partial charge in [0.25, 0.3) is 11.8 Å². The van der Waals surface area contributed by atoms with Crippen LogP contribution in [0, 0.1) is 0 Å². The molecule has 31 heavy (non-hydrogen) atoms. The molecular formula is C22H20Cl2N4O3. The Labute approximate surface area is 188 Å². The van der Waals surface area contributed by atoms with Gasteiger partial charge in [-0.2, -0.15) is 0 Å². The van der Waals surface area contributed by atoms with Crippen molar-refractivity contribution in [1.82, 2.24) is 19.2 Å². The first-order chi connectivity index (χ1) is 14.9. The largest absolute Gasteiger partial charge is 0.380 e. The highest BCUT2D eigenvalue weighted by atomic mass is 35.5. The van der Waals surface area contributed by atoms with Gasteiger partial charge in [-0.3, -0.25) is 14.0 Å². The van der Waals surface area contributed by atoms with Gasteiger partial charge < -0.3 is 14.9 Å². The van der Waals surface area contributed by atoms with Crippen molar-refractivity contribution in [2.24, 2.45) is 0 Å². The van der Waals surface area contributed by atoms with Crippen LogP contribution in [0.4, 0.5) is 0 Å². The maximum atomic E-state index is 13.0. The average Bonchev–Trinajstić information content (AvgIpc) is 3.46. The fourth-order valence-electron chi connectivity index (χ4n) is 3.90. The molecule has 2 amide bonds. The summed E-state index contributed by atoms with van der Waals surface area (Å²) in [6, 6.07) is 10.8. The molecule has 1 saturated heterocycles. The van der Waals surface area contributed by atoms with Crippen LogP contribution >= 0.6 is 23.2 Å². The van der Waals surface area contributed by atoms with Crippen LogP contribution in [-0.2, 0) is 4.79 Å². The highest BCUT2D eigenvalue weighted by Crippen LogP contribution is 2.37. The van der Waals surface area contributed by atoms with E-state index in [4.69, 9.17) is 23.2 Å². The summed E-state index contributed by atoms with van der Waals surface area (Å²) in [5, 5.41) is 10.8. The second-order valence-electron chi connectivity index (χ2n) is 7.99. The van der Waals surface area contributed by atoms with Crippen LogP contribution in [0.15, 0.2) is 42.6 Å². The van der Waals surface area contributed by atoms with Crippen molar-refractivity contribution >= 4 is 40.7 Å². The second kappa shape index (κ2) is 7.51. The number of amides is 2. The van der Waals surface area contributed by atoms with Crippen LogP contribution in [0.25, 0.3) is 16.9 Å². The van der Waals surface area contributed by atoms with E-state index >= 15 is 0 Å². The molecule has 2 aliphatic rings. The minimum atomic E-state index is -1.18. The number of aromatic nitrogens is 2. The molecule has 160 valence electrons. The molecule has 1 N–H and O–H groups in total. The van der Waals surface area contributed by atoms with Crippen LogP contribution < -0.4 is 0 Å². The Morgan fingerprint density at radius 3 is 2.35 bits per heavy atom. The van der Waals surface area contributed by atoms with Gasteiger partial charge in [0.2, 0.25) is 0 Å². The van der Waals surface area contributed by atoms with Gasteiger partial charge in [0.15, 0.2) is 0 Å². The van der Waals surface area contributed by atoms with Crippen molar-refractivity contribution in [3.63, 3.8) is 0 Å². The molecule has 5 rings (SSSR count). The molecule has 0 bridgehead atoms. The van der Waals surface area contributed by atoms with E-state index in [1.54, 1.807) is 32.4 Å². The average molecular weight is 459 g/mol. The van der Waals surface area contributed by atoms with Gasteiger partial charge in [-0.25, -0.2) is 4.98 Å². The van der Waals surface area contributed by atoms with Gasteiger partial charge >= 0.3 is 0 Å². The Kier molecular flexibility index (Phi) is 4.92. The van der Waals surface area contributed by atoms with Gasteiger partial charge in [-0.15, -0.1) is 0 Å². The van der Waals surface area contributed by atoms with Crippen molar-refractivity contribution in [3.8, 4) is 11.3 Å². The lowest BCUT2D eigenvalue weighted by molar-refractivity contribution is -0.143. The van der Waals surface area contributed by atoms with Crippen molar-refractivity contribution in [3.05, 3.63) is 58.3 Å². The van der Waals surface area contributed by atoms with Crippen molar-refractivity contribution in [2.45, 2.75) is 18.4 Å². The van der Waals surface area contributed by atoms with Crippen molar-refractivity contribution < 1.29 is 14.7 Å². The zero-order valence-electron chi connectivity index (χ0n) is 16.6. The first-order valence-corrected chi connectivity index (χ1v) is 10.9. The zero-order chi connectivity index (χ0) is 21.8. The van der Waals surface area contributed by atoms with E-state index in [-0.39, 0.29) is 11.8 Å². The molecule has 2 fully saturated rings. The molecule has 0 unspecified atom stereocenters. The Bertz CT molecular complexity index is 1200. The fourth-order valence-corrected chi connectivity index (χ4v) is 4.45. The number of halogens is 2. The van der Waals surface area contributed by atoms with E-state index in [1.807, 2.05) is 24.4 Å². The third-order valence-electron chi connectivity index (χ3n) is 5.92. The van der Waals surface area contributed by atoms with E-state index in [1.165, 1.54) is 0 Å². The Balaban J connectivity index is 1.32. The third-order valence-corrected chi connectivity index (χ3v) is 6.59. The number of rotatable bonds is 3. The minimum Gasteiger partial charge on any atom is -0.380 e. The minimum absolute atomic E-state index is 0.185. The Morgan fingerprint density at radius 1 is 1.00 bits per heavy atom. The van der Waals surface area contributed by atoms with Crippen molar-refractivity contribution in [1.29, 1.82) is 0 Å². The molecule has 3 aromatic rings. The smallest absolute Gasteiger partial charge is 0.255 e. The van der Waals surface area contributed by atoms with E-state index in [0.29, 0.717) is 60.5 Å². The molecule has 1 saturated carbocycles. The Hall–Kier alpha value is -2.61. The monoisotopic (exact) mass is 458 g/mol. The van der Waals surface area contributed by atoms with Crippen molar-refractivity contribution in [2.75, 3.05) is 26.2 Å². The molecule has 0 radical (unpaired) electrons. The van der Waals surface area contributed by atoms with Crippen LogP contribution in [0.3, 0.4) is 0 Å².